The first-order valence-corrected chi connectivity index (χ1v) is 13.7. The molecule has 1 saturated heterocycles. The molecule has 38 heavy (non-hydrogen) atoms. The molecular weight excluding hydrogens is 513 g/mol. The molecule has 0 atom stereocenters. The molecule has 1 fully saturated rings. The van der Waals surface area contributed by atoms with E-state index in [2.05, 4.69) is 41.5 Å². The van der Waals surface area contributed by atoms with Crippen molar-refractivity contribution < 1.29 is 27.5 Å². The van der Waals surface area contributed by atoms with Crippen molar-refractivity contribution in [2.24, 2.45) is 0 Å². The molecule has 1 aromatic carbocycles. The molecule has 2 aromatic heterocycles. The van der Waals surface area contributed by atoms with E-state index in [1.165, 1.54) is 17.9 Å². The van der Waals surface area contributed by atoms with Gasteiger partial charge in [-0.15, -0.1) is 11.3 Å². The summed E-state index contributed by atoms with van der Waals surface area (Å²) in [4.78, 5) is 19.3. The zero-order valence-electron chi connectivity index (χ0n) is 22.9. The number of halogens is 3. The van der Waals surface area contributed by atoms with Crippen molar-refractivity contribution in [2.45, 2.75) is 84.2 Å². The van der Waals surface area contributed by atoms with E-state index in [1.54, 1.807) is 11.3 Å². The summed E-state index contributed by atoms with van der Waals surface area (Å²) in [5, 5.41) is 14.0. The number of benzene rings is 1. The number of furan rings is 1. The van der Waals surface area contributed by atoms with Gasteiger partial charge in [-0.05, 0) is 48.8 Å². The third-order valence-electron chi connectivity index (χ3n) is 7.02. The Morgan fingerprint density at radius 3 is 2.08 bits per heavy atom. The predicted molar refractivity (Wildman–Crippen MR) is 143 cm³/mol. The minimum Gasteiger partial charge on any atom is -0.507 e. The Labute approximate surface area is 225 Å². The number of aromatic nitrogens is 1. The number of carbonyl (C=O) groups excluding carboxylic acids is 1. The quantitative estimate of drug-likeness (QED) is 0.360. The van der Waals surface area contributed by atoms with E-state index in [4.69, 9.17) is 9.40 Å². The molecule has 1 aliphatic rings. The number of carbonyl (C=O) groups is 1. The molecule has 1 aliphatic heterocycles. The third-order valence-corrected chi connectivity index (χ3v) is 8.03. The number of thiazole rings is 1. The number of hydrogen-bond donors (Lipinski definition) is 1. The van der Waals surface area contributed by atoms with Gasteiger partial charge in [0.15, 0.2) is 0 Å². The second-order valence-electron chi connectivity index (χ2n) is 12.2. The van der Waals surface area contributed by atoms with Gasteiger partial charge in [0.25, 0.3) is 5.91 Å². The second kappa shape index (κ2) is 9.74. The lowest BCUT2D eigenvalue weighted by molar-refractivity contribution is -0.153. The molecule has 3 heterocycles. The molecule has 0 saturated carbocycles. The van der Waals surface area contributed by atoms with E-state index in [0.29, 0.717) is 31.7 Å². The van der Waals surface area contributed by atoms with Crippen LogP contribution in [0.5, 0.6) is 5.75 Å². The van der Waals surface area contributed by atoms with Crippen LogP contribution in [0.25, 0.3) is 11.3 Å². The number of alkyl halides is 3. The Morgan fingerprint density at radius 1 is 1.03 bits per heavy atom. The first-order valence-electron chi connectivity index (χ1n) is 12.8. The van der Waals surface area contributed by atoms with Crippen LogP contribution in [0.15, 0.2) is 28.0 Å². The molecule has 1 amide bonds. The van der Waals surface area contributed by atoms with Crippen molar-refractivity contribution in [3.8, 4) is 17.0 Å². The summed E-state index contributed by atoms with van der Waals surface area (Å²) in [6, 6.07) is 5.19. The van der Waals surface area contributed by atoms with Crippen LogP contribution < -0.4 is 0 Å². The average molecular weight is 549 g/mol. The van der Waals surface area contributed by atoms with Crippen LogP contribution in [0.3, 0.4) is 0 Å². The number of amides is 1. The standard InChI is InChI=1S/C29H35F3N2O3S/c1-16-12-19(24(37-16)29(30,31)32)26(36)34-10-8-17(9-11-34)25-33-22(15-38-25)18-13-20(27(2,3)4)23(35)21(14-18)28(5,6)7/h12-15,17,35H,8-11H2,1-7H3. The maximum absolute atomic E-state index is 13.3. The van der Waals surface area contributed by atoms with Crippen LogP contribution in [0, 0.1) is 6.92 Å². The van der Waals surface area contributed by atoms with Gasteiger partial charge in [0.05, 0.1) is 16.3 Å². The zero-order chi connectivity index (χ0) is 28.2. The van der Waals surface area contributed by atoms with Crippen LogP contribution in [-0.4, -0.2) is 34.0 Å². The molecule has 0 radical (unpaired) electrons. The summed E-state index contributed by atoms with van der Waals surface area (Å²) in [7, 11) is 0. The molecule has 206 valence electrons. The first kappa shape index (κ1) is 28.2. The lowest BCUT2D eigenvalue weighted by atomic mass is 9.78. The van der Waals surface area contributed by atoms with Gasteiger partial charge in [0.1, 0.15) is 11.5 Å². The van der Waals surface area contributed by atoms with Gasteiger partial charge in [-0.1, -0.05) is 41.5 Å². The summed E-state index contributed by atoms with van der Waals surface area (Å²) in [5.41, 5.74) is 2.59. The smallest absolute Gasteiger partial charge is 0.450 e. The number of aromatic hydroxyl groups is 1. The number of rotatable bonds is 3. The normalized spacial score (nSPS) is 15.8. The van der Waals surface area contributed by atoms with Crippen LogP contribution in [0.4, 0.5) is 13.2 Å². The first-order chi connectivity index (χ1) is 17.5. The van der Waals surface area contributed by atoms with Crippen molar-refractivity contribution >= 4 is 17.2 Å². The largest absolute Gasteiger partial charge is 0.507 e. The summed E-state index contributed by atoms with van der Waals surface area (Å²) in [6.07, 6.45) is -3.48. The highest BCUT2D eigenvalue weighted by molar-refractivity contribution is 7.10. The fourth-order valence-corrected chi connectivity index (χ4v) is 5.92. The molecule has 0 aliphatic carbocycles. The van der Waals surface area contributed by atoms with E-state index in [1.807, 2.05) is 17.5 Å². The molecule has 0 spiro atoms. The van der Waals surface area contributed by atoms with Gasteiger partial charge in [-0.2, -0.15) is 13.2 Å². The summed E-state index contributed by atoms with van der Waals surface area (Å²) >= 11 is 1.56. The maximum Gasteiger partial charge on any atom is 0.450 e. The molecule has 3 aromatic rings. The zero-order valence-corrected chi connectivity index (χ0v) is 23.7. The van der Waals surface area contributed by atoms with E-state index in [0.717, 1.165) is 27.4 Å². The Kier molecular flexibility index (Phi) is 7.23. The Bertz CT molecular complexity index is 1300. The van der Waals surface area contributed by atoms with Crippen molar-refractivity contribution in [2.75, 3.05) is 13.1 Å². The van der Waals surface area contributed by atoms with E-state index in [9.17, 15) is 23.1 Å². The molecule has 5 nitrogen and oxygen atoms in total. The second-order valence-corrected chi connectivity index (χ2v) is 13.0. The molecule has 4 rings (SSSR count). The van der Waals surface area contributed by atoms with Crippen molar-refractivity contribution in [3.05, 3.63) is 56.8 Å². The molecule has 0 unspecified atom stereocenters. The molecule has 1 N–H and O–H groups in total. The highest BCUT2D eigenvalue weighted by Crippen LogP contribution is 2.43. The predicted octanol–water partition coefficient (Wildman–Crippen LogP) is 8.05. The fourth-order valence-electron chi connectivity index (χ4n) is 4.92. The summed E-state index contributed by atoms with van der Waals surface area (Å²) in [5.74, 6) is -1.38. The minimum absolute atomic E-state index is 0.0596. The molecule has 9 heteroatoms. The van der Waals surface area contributed by atoms with Crippen LogP contribution in [-0.2, 0) is 17.0 Å². The minimum atomic E-state index is -4.72. The lowest BCUT2D eigenvalue weighted by Gasteiger charge is -2.31. The number of phenols is 1. The number of nitrogens with zero attached hydrogens (tertiary/aromatic N) is 2. The van der Waals surface area contributed by atoms with Gasteiger partial charge in [-0.3, -0.25) is 4.79 Å². The van der Waals surface area contributed by atoms with Gasteiger partial charge in [0, 0.05) is 41.1 Å². The Balaban J connectivity index is 1.54. The summed E-state index contributed by atoms with van der Waals surface area (Å²) < 4.78 is 44.8. The Hall–Kier alpha value is -2.81. The Morgan fingerprint density at radius 2 is 1.58 bits per heavy atom. The fraction of sp³-hybridized carbons (Fsp3) is 0.517. The van der Waals surface area contributed by atoms with Gasteiger partial charge in [-0.25, -0.2) is 4.98 Å². The van der Waals surface area contributed by atoms with Crippen molar-refractivity contribution in [1.29, 1.82) is 0 Å². The monoisotopic (exact) mass is 548 g/mol. The van der Waals surface area contributed by atoms with Gasteiger partial charge in [0.2, 0.25) is 5.76 Å². The van der Waals surface area contributed by atoms with Crippen molar-refractivity contribution in [3.63, 3.8) is 0 Å². The number of piperidine rings is 1. The highest BCUT2D eigenvalue weighted by Gasteiger charge is 2.41. The lowest BCUT2D eigenvalue weighted by Crippen LogP contribution is -2.38. The van der Waals surface area contributed by atoms with Crippen LogP contribution in [0.2, 0.25) is 0 Å². The van der Waals surface area contributed by atoms with E-state index < -0.39 is 23.4 Å². The number of likely N-dealkylation sites (tertiary alicyclic amines) is 1. The maximum atomic E-state index is 13.3. The molecule has 0 bridgehead atoms. The van der Waals surface area contributed by atoms with Crippen LogP contribution in [0.1, 0.15) is 98.3 Å². The highest BCUT2D eigenvalue weighted by atomic mass is 32.1. The summed E-state index contributed by atoms with van der Waals surface area (Å²) in [6.45, 7) is 14.5. The topological polar surface area (TPSA) is 66.6 Å². The van der Waals surface area contributed by atoms with E-state index >= 15 is 0 Å². The molecular formula is C29H35F3N2O3S. The van der Waals surface area contributed by atoms with Crippen molar-refractivity contribution in [1.82, 2.24) is 9.88 Å². The third kappa shape index (κ3) is 5.63. The van der Waals surface area contributed by atoms with Crippen LogP contribution >= 0.6 is 11.3 Å². The average Bonchev–Trinajstić information content (AvgIpc) is 3.44. The van der Waals surface area contributed by atoms with E-state index in [-0.39, 0.29) is 22.5 Å². The number of phenolic OH excluding ortho intramolecular Hbond substituents is 1. The number of hydrogen-bond acceptors (Lipinski definition) is 5. The SMILES string of the molecule is Cc1cc(C(=O)N2CCC(c3nc(-c4cc(C(C)(C)C)c(O)c(C(C)(C)C)c4)cs3)CC2)c(C(F)(F)F)o1. The van der Waals surface area contributed by atoms with Gasteiger partial charge >= 0.3 is 6.18 Å². The van der Waals surface area contributed by atoms with Gasteiger partial charge < -0.3 is 14.4 Å². The number of aryl methyl sites for hydroxylation is 1.